The number of para-hydroxylation sites is 1. The largest absolute Gasteiger partial charge is 0.278 e. The number of hydrogen-bond donors (Lipinski definition) is 1. The van der Waals surface area contributed by atoms with Gasteiger partial charge in [0.2, 0.25) is 0 Å². The van der Waals surface area contributed by atoms with Crippen molar-refractivity contribution in [2.75, 3.05) is 5.43 Å². The Morgan fingerprint density at radius 3 is 2.33 bits per heavy atom. The highest BCUT2D eigenvalue weighted by Crippen LogP contribution is 2.28. The van der Waals surface area contributed by atoms with Crippen LogP contribution in [0.15, 0.2) is 82.5 Å². The normalized spacial score (nSPS) is 14.8. The first-order valence-corrected chi connectivity index (χ1v) is 8.43. The Morgan fingerprint density at radius 2 is 1.67 bits per heavy atom. The van der Waals surface area contributed by atoms with E-state index in [0.717, 1.165) is 24.2 Å². The molecule has 0 radical (unpaired) electrons. The molecule has 0 aromatic heterocycles. The quantitative estimate of drug-likeness (QED) is 0.541. The van der Waals surface area contributed by atoms with Crippen molar-refractivity contribution in [3.63, 3.8) is 0 Å². The summed E-state index contributed by atoms with van der Waals surface area (Å²) in [4.78, 5) is 0. The third-order valence-corrected chi connectivity index (χ3v) is 4.54. The molecule has 122 valence electrons. The smallest absolute Gasteiger partial charge is 0.0720 e. The summed E-state index contributed by atoms with van der Waals surface area (Å²) >= 11 is 0. The van der Waals surface area contributed by atoms with E-state index in [1.54, 1.807) is 0 Å². The Labute approximate surface area is 144 Å². The number of benzene rings is 2. The molecule has 0 unspecified atom stereocenters. The van der Waals surface area contributed by atoms with Gasteiger partial charge >= 0.3 is 0 Å². The van der Waals surface area contributed by atoms with E-state index < -0.39 is 0 Å². The predicted octanol–water partition coefficient (Wildman–Crippen LogP) is 5.87. The number of rotatable bonds is 5. The summed E-state index contributed by atoms with van der Waals surface area (Å²) in [6, 6.07) is 18.7. The lowest BCUT2D eigenvalue weighted by Crippen LogP contribution is -2.06. The minimum Gasteiger partial charge on any atom is -0.278 e. The van der Waals surface area contributed by atoms with E-state index in [9.17, 15) is 0 Å². The minimum absolute atomic E-state index is 0.873. The minimum atomic E-state index is 0.873. The van der Waals surface area contributed by atoms with Crippen molar-refractivity contribution in [3.05, 3.63) is 88.5 Å². The molecule has 0 fully saturated rings. The van der Waals surface area contributed by atoms with Crippen molar-refractivity contribution in [1.29, 1.82) is 0 Å². The summed E-state index contributed by atoms with van der Waals surface area (Å²) in [5.74, 6) is 0. The molecule has 1 aliphatic carbocycles. The molecule has 24 heavy (non-hydrogen) atoms. The summed E-state index contributed by atoms with van der Waals surface area (Å²) < 4.78 is 0. The fraction of sp³-hybridized carbons (Fsp3) is 0.227. The molecule has 0 atom stereocenters. The van der Waals surface area contributed by atoms with E-state index in [-0.39, 0.29) is 0 Å². The maximum Gasteiger partial charge on any atom is 0.0720 e. The maximum atomic E-state index is 4.75. The van der Waals surface area contributed by atoms with Crippen molar-refractivity contribution in [2.45, 2.75) is 33.6 Å². The molecule has 0 heterocycles. The molecule has 2 heteroatoms. The van der Waals surface area contributed by atoms with Crippen molar-refractivity contribution in [2.24, 2.45) is 5.10 Å². The Hall–Kier alpha value is -2.61. The van der Waals surface area contributed by atoms with Crippen LogP contribution in [0.25, 0.3) is 0 Å². The Kier molecular flexibility index (Phi) is 4.95. The molecule has 2 nitrogen and oxygen atoms in total. The highest BCUT2D eigenvalue weighted by atomic mass is 15.3. The lowest BCUT2D eigenvalue weighted by atomic mass is 10.0. The fourth-order valence-corrected chi connectivity index (χ4v) is 2.95. The van der Waals surface area contributed by atoms with Crippen LogP contribution in [0.3, 0.4) is 0 Å². The van der Waals surface area contributed by atoms with Gasteiger partial charge in [-0.15, -0.1) is 0 Å². The fourth-order valence-electron chi connectivity index (χ4n) is 2.95. The summed E-state index contributed by atoms with van der Waals surface area (Å²) in [5, 5.41) is 4.75. The van der Waals surface area contributed by atoms with E-state index in [2.05, 4.69) is 68.7 Å². The molecule has 0 aliphatic heterocycles. The van der Waals surface area contributed by atoms with Crippen molar-refractivity contribution in [1.82, 2.24) is 0 Å². The lowest BCUT2D eigenvalue weighted by Gasteiger charge is -2.10. The molecule has 2 aromatic rings. The summed E-state index contributed by atoms with van der Waals surface area (Å²) in [5.41, 5.74) is 12.0. The van der Waals surface area contributed by atoms with Crippen LogP contribution in [0, 0.1) is 6.92 Å². The van der Waals surface area contributed by atoms with Gasteiger partial charge in [-0.1, -0.05) is 71.3 Å². The molecule has 0 saturated carbocycles. The van der Waals surface area contributed by atoms with Gasteiger partial charge in [-0.25, -0.2) is 0 Å². The summed E-state index contributed by atoms with van der Waals surface area (Å²) in [6.07, 6.45) is 4.24. The van der Waals surface area contributed by atoms with Crippen LogP contribution in [-0.2, 0) is 0 Å². The van der Waals surface area contributed by atoms with E-state index in [1.807, 2.05) is 18.2 Å². The maximum absolute atomic E-state index is 4.75. The van der Waals surface area contributed by atoms with Gasteiger partial charge in [0.25, 0.3) is 0 Å². The second-order valence-electron chi connectivity index (χ2n) is 6.47. The second kappa shape index (κ2) is 7.31. The molecule has 0 saturated heterocycles. The molecule has 2 aromatic carbocycles. The average Bonchev–Trinajstić information content (AvgIpc) is 2.91. The number of nitrogens with one attached hydrogen (secondary N) is 1. The van der Waals surface area contributed by atoms with Crippen LogP contribution in [0.1, 0.15) is 37.8 Å². The number of allylic oxidation sites excluding steroid dienone is 4. The zero-order chi connectivity index (χ0) is 16.9. The molecule has 3 rings (SSSR count). The van der Waals surface area contributed by atoms with Crippen LogP contribution in [0.5, 0.6) is 0 Å². The SMILES string of the molecule is CC1=C(C)CC(CC(=NNc2ccccc2C)c2ccccc2)=C1. The number of nitrogens with zero attached hydrogens (tertiary/aromatic N) is 1. The van der Waals surface area contributed by atoms with Gasteiger partial charge in [-0.05, 0) is 44.4 Å². The first-order chi connectivity index (χ1) is 11.6. The second-order valence-corrected chi connectivity index (χ2v) is 6.47. The zero-order valence-corrected chi connectivity index (χ0v) is 14.6. The highest BCUT2D eigenvalue weighted by molar-refractivity contribution is 6.02. The topological polar surface area (TPSA) is 24.4 Å². The van der Waals surface area contributed by atoms with E-state index in [0.29, 0.717) is 0 Å². The van der Waals surface area contributed by atoms with Gasteiger partial charge in [0.05, 0.1) is 11.4 Å². The van der Waals surface area contributed by atoms with Crippen LogP contribution in [-0.4, -0.2) is 5.71 Å². The van der Waals surface area contributed by atoms with Gasteiger partial charge in [0, 0.05) is 6.42 Å². The molecule has 0 spiro atoms. The van der Waals surface area contributed by atoms with E-state index in [1.165, 1.54) is 27.8 Å². The number of hydrogen-bond acceptors (Lipinski definition) is 2. The van der Waals surface area contributed by atoms with Gasteiger partial charge in [-0.2, -0.15) is 5.10 Å². The molecule has 0 bridgehead atoms. The first-order valence-electron chi connectivity index (χ1n) is 8.43. The molecule has 1 aliphatic rings. The molecule has 0 amide bonds. The average molecular weight is 316 g/mol. The summed E-state index contributed by atoms with van der Waals surface area (Å²) in [6.45, 7) is 6.49. The van der Waals surface area contributed by atoms with Crippen LogP contribution >= 0.6 is 0 Å². The summed E-state index contributed by atoms with van der Waals surface area (Å²) in [7, 11) is 0. The van der Waals surface area contributed by atoms with Gasteiger partial charge in [0.15, 0.2) is 0 Å². The van der Waals surface area contributed by atoms with Crippen LogP contribution in [0.4, 0.5) is 5.69 Å². The van der Waals surface area contributed by atoms with E-state index >= 15 is 0 Å². The van der Waals surface area contributed by atoms with Gasteiger partial charge in [0.1, 0.15) is 0 Å². The molecule has 1 N–H and O–H groups in total. The van der Waals surface area contributed by atoms with Gasteiger partial charge < -0.3 is 0 Å². The Bertz CT molecular complexity index is 811. The highest BCUT2D eigenvalue weighted by Gasteiger charge is 2.13. The van der Waals surface area contributed by atoms with Crippen LogP contribution < -0.4 is 5.43 Å². The monoisotopic (exact) mass is 316 g/mol. The van der Waals surface area contributed by atoms with Crippen molar-refractivity contribution < 1.29 is 0 Å². The standard InChI is InChI=1S/C22H24N2/c1-16-9-7-8-12-21(16)23-24-22(20-10-5-4-6-11-20)15-19-13-17(2)18(3)14-19/h4-13,23H,14-15H2,1-3H3. The number of aryl methyl sites for hydroxylation is 1. The van der Waals surface area contributed by atoms with Gasteiger partial charge in [-0.3, -0.25) is 5.43 Å². The molecular formula is C22H24N2. The first kappa shape index (κ1) is 16.3. The Morgan fingerprint density at radius 1 is 0.958 bits per heavy atom. The number of hydrazone groups is 1. The van der Waals surface area contributed by atoms with Crippen molar-refractivity contribution in [3.8, 4) is 0 Å². The number of anilines is 1. The van der Waals surface area contributed by atoms with Crippen molar-refractivity contribution >= 4 is 11.4 Å². The predicted molar refractivity (Wildman–Crippen MR) is 103 cm³/mol. The zero-order valence-electron chi connectivity index (χ0n) is 14.6. The lowest BCUT2D eigenvalue weighted by molar-refractivity contribution is 1.09. The third-order valence-electron chi connectivity index (χ3n) is 4.54. The Balaban J connectivity index is 1.85. The van der Waals surface area contributed by atoms with E-state index in [4.69, 9.17) is 5.10 Å². The molecular weight excluding hydrogens is 292 g/mol. The van der Waals surface area contributed by atoms with Crippen LogP contribution in [0.2, 0.25) is 0 Å². The third kappa shape index (κ3) is 3.83.